The van der Waals surface area contributed by atoms with Crippen LogP contribution in [-0.2, 0) is 22.7 Å². The number of amides is 1. The molecule has 0 aromatic carbocycles. The lowest BCUT2D eigenvalue weighted by Gasteiger charge is -2.35. The van der Waals surface area contributed by atoms with Gasteiger partial charge in [-0.25, -0.2) is 8.42 Å². The zero-order valence-electron chi connectivity index (χ0n) is 13.1. The molecule has 1 amide bonds. The maximum absolute atomic E-state index is 12.8. The van der Waals surface area contributed by atoms with Crippen molar-refractivity contribution in [2.75, 3.05) is 18.6 Å². The minimum atomic E-state index is -3.08. The number of piperidine rings is 1. The molecule has 1 fully saturated rings. The minimum absolute atomic E-state index is 0.0391. The van der Waals surface area contributed by atoms with Gasteiger partial charge in [0, 0.05) is 24.5 Å². The average molecular weight is 324 g/mol. The molecule has 5 nitrogen and oxygen atoms in total. The lowest BCUT2D eigenvalue weighted by Crippen LogP contribution is -2.47. The van der Waals surface area contributed by atoms with Crippen molar-refractivity contribution in [3.63, 3.8) is 0 Å². The first kappa shape index (κ1) is 15.6. The standard InChI is InChI=1S/C16H24N2O3S/c1-22(20,21)11-13-7-4-5-9-18(13)16(19)15-10-12-6-2-3-8-14(12)17-15/h10,13,17H,2-9,11H2,1H3. The van der Waals surface area contributed by atoms with Crippen LogP contribution in [0.1, 0.15) is 53.8 Å². The van der Waals surface area contributed by atoms with Gasteiger partial charge in [0.1, 0.15) is 15.5 Å². The molecule has 122 valence electrons. The number of hydrogen-bond acceptors (Lipinski definition) is 3. The topological polar surface area (TPSA) is 70.2 Å². The summed E-state index contributed by atoms with van der Waals surface area (Å²) in [6.07, 6.45) is 8.36. The Kier molecular flexibility index (Phi) is 4.30. The van der Waals surface area contributed by atoms with Crippen LogP contribution in [0.4, 0.5) is 0 Å². The number of nitrogens with one attached hydrogen (secondary N) is 1. The average Bonchev–Trinajstić information content (AvgIpc) is 2.89. The normalized spacial score (nSPS) is 22.4. The Morgan fingerprint density at radius 1 is 1.27 bits per heavy atom. The van der Waals surface area contributed by atoms with Gasteiger partial charge in [-0.05, 0) is 56.6 Å². The van der Waals surface area contributed by atoms with Gasteiger partial charge >= 0.3 is 0 Å². The van der Waals surface area contributed by atoms with Crippen LogP contribution in [0.5, 0.6) is 0 Å². The smallest absolute Gasteiger partial charge is 0.270 e. The fourth-order valence-electron chi connectivity index (χ4n) is 3.66. The number of H-pyrrole nitrogens is 1. The lowest BCUT2D eigenvalue weighted by atomic mass is 9.98. The molecule has 1 saturated heterocycles. The van der Waals surface area contributed by atoms with Crippen molar-refractivity contribution >= 4 is 15.7 Å². The van der Waals surface area contributed by atoms with Crippen LogP contribution in [0, 0.1) is 0 Å². The van der Waals surface area contributed by atoms with E-state index in [1.54, 1.807) is 4.90 Å². The van der Waals surface area contributed by atoms with Crippen molar-refractivity contribution in [3.05, 3.63) is 23.0 Å². The second-order valence-electron chi connectivity index (χ2n) is 6.63. The van der Waals surface area contributed by atoms with Gasteiger partial charge in [0.05, 0.1) is 5.75 Å². The Bertz CT molecular complexity index is 639. The summed E-state index contributed by atoms with van der Waals surface area (Å²) in [7, 11) is -3.08. The monoisotopic (exact) mass is 324 g/mol. The van der Waals surface area contributed by atoms with E-state index in [4.69, 9.17) is 0 Å². The number of carbonyl (C=O) groups is 1. The Morgan fingerprint density at radius 3 is 2.77 bits per heavy atom. The molecule has 0 spiro atoms. The number of rotatable bonds is 3. The largest absolute Gasteiger partial charge is 0.354 e. The molecule has 1 unspecified atom stereocenters. The summed E-state index contributed by atoms with van der Waals surface area (Å²) in [5.74, 6) is 0.0295. The van der Waals surface area contributed by atoms with E-state index in [1.165, 1.54) is 30.4 Å². The number of aromatic nitrogens is 1. The van der Waals surface area contributed by atoms with Crippen LogP contribution in [0.15, 0.2) is 6.07 Å². The van der Waals surface area contributed by atoms with Crippen molar-refractivity contribution in [1.29, 1.82) is 0 Å². The number of nitrogens with zero attached hydrogens (tertiary/aromatic N) is 1. The van der Waals surface area contributed by atoms with Gasteiger partial charge in [-0.15, -0.1) is 0 Å². The summed E-state index contributed by atoms with van der Waals surface area (Å²) in [5.41, 5.74) is 3.07. The van der Waals surface area contributed by atoms with Crippen molar-refractivity contribution in [3.8, 4) is 0 Å². The summed E-state index contributed by atoms with van der Waals surface area (Å²) in [5, 5.41) is 0. The van der Waals surface area contributed by atoms with Crippen LogP contribution in [-0.4, -0.2) is 48.8 Å². The summed E-state index contributed by atoms with van der Waals surface area (Å²) in [6.45, 7) is 0.655. The third kappa shape index (κ3) is 3.37. The summed E-state index contributed by atoms with van der Waals surface area (Å²) in [4.78, 5) is 17.9. The van der Waals surface area contributed by atoms with Crippen LogP contribution < -0.4 is 0 Å². The van der Waals surface area contributed by atoms with Gasteiger partial charge in [-0.2, -0.15) is 0 Å². The highest BCUT2D eigenvalue weighted by atomic mass is 32.2. The Balaban J connectivity index is 1.81. The van der Waals surface area contributed by atoms with Gasteiger partial charge in [-0.3, -0.25) is 4.79 Å². The molecule has 1 atom stereocenters. The molecule has 1 aromatic rings. The zero-order chi connectivity index (χ0) is 15.7. The molecule has 3 rings (SSSR count). The minimum Gasteiger partial charge on any atom is -0.354 e. The molecule has 1 aliphatic carbocycles. The van der Waals surface area contributed by atoms with Crippen LogP contribution >= 0.6 is 0 Å². The highest BCUT2D eigenvalue weighted by Gasteiger charge is 2.31. The van der Waals surface area contributed by atoms with Gasteiger partial charge in [0.25, 0.3) is 5.91 Å². The van der Waals surface area contributed by atoms with Crippen molar-refractivity contribution in [1.82, 2.24) is 9.88 Å². The molecule has 2 heterocycles. The first-order valence-electron chi connectivity index (χ1n) is 8.13. The molecule has 1 aromatic heterocycles. The number of aromatic amines is 1. The summed E-state index contributed by atoms with van der Waals surface area (Å²) < 4.78 is 23.2. The molecular formula is C16H24N2O3S. The quantitative estimate of drug-likeness (QED) is 0.923. The van der Waals surface area contributed by atoms with E-state index >= 15 is 0 Å². The van der Waals surface area contributed by atoms with E-state index in [9.17, 15) is 13.2 Å². The first-order chi connectivity index (χ1) is 10.4. The maximum atomic E-state index is 12.8. The van der Waals surface area contributed by atoms with Crippen LogP contribution in [0.2, 0.25) is 0 Å². The number of fused-ring (bicyclic) bond motifs is 1. The van der Waals surface area contributed by atoms with Crippen molar-refractivity contribution in [2.24, 2.45) is 0 Å². The van der Waals surface area contributed by atoms with E-state index in [0.717, 1.165) is 32.1 Å². The van der Waals surface area contributed by atoms with Gasteiger partial charge in [-0.1, -0.05) is 0 Å². The second-order valence-corrected chi connectivity index (χ2v) is 8.82. The Morgan fingerprint density at radius 2 is 2.05 bits per heavy atom. The summed E-state index contributed by atoms with van der Waals surface area (Å²) in [6, 6.07) is 1.79. The number of likely N-dealkylation sites (tertiary alicyclic amines) is 1. The first-order valence-corrected chi connectivity index (χ1v) is 10.2. The highest BCUT2D eigenvalue weighted by Crippen LogP contribution is 2.25. The van der Waals surface area contributed by atoms with Crippen LogP contribution in [0.25, 0.3) is 0 Å². The molecule has 1 N–H and O–H groups in total. The second kappa shape index (κ2) is 6.07. The predicted molar refractivity (Wildman–Crippen MR) is 85.8 cm³/mol. The molecule has 1 aliphatic heterocycles. The SMILES string of the molecule is CS(=O)(=O)CC1CCCCN1C(=O)c1cc2c([nH]1)CCCC2. The fourth-order valence-corrected chi connectivity index (χ4v) is 4.71. The van der Waals surface area contributed by atoms with E-state index in [1.807, 2.05) is 6.07 Å². The number of hydrogen-bond donors (Lipinski definition) is 1. The number of aryl methyl sites for hydroxylation is 2. The van der Waals surface area contributed by atoms with Crippen LogP contribution in [0.3, 0.4) is 0 Å². The number of carbonyl (C=O) groups excluding carboxylic acids is 1. The fraction of sp³-hybridized carbons (Fsp3) is 0.688. The predicted octanol–water partition coefficient (Wildman–Crippen LogP) is 1.93. The van der Waals surface area contributed by atoms with E-state index in [2.05, 4.69) is 4.98 Å². The third-order valence-corrected chi connectivity index (χ3v) is 5.72. The molecule has 2 aliphatic rings. The Hall–Kier alpha value is -1.30. The van der Waals surface area contributed by atoms with Gasteiger partial charge in [0.2, 0.25) is 0 Å². The number of sulfone groups is 1. The maximum Gasteiger partial charge on any atom is 0.270 e. The molecule has 0 saturated carbocycles. The third-order valence-electron chi connectivity index (χ3n) is 4.73. The summed E-state index contributed by atoms with van der Waals surface area (Å²) >= 11 is 0. The molecule has 0 bridgehead atoms. The van der Waals surface area contributed by atoms with E-state index in [-0.39, 0.29) is 17.7 Å². The molecule has 0 radical (unpaired) electrons. The lowest BCUT2D eigenvalue weighted by molar-refractivity contribution is 0.0633. The molecule has 6 heteroatoms. The van der Waals surface area contributed by atoms with E-state index in [0.29, 0.717) is 12.2 Å². The Labute approximate surface area is 132 Å². The van der Waals surface area contributed by atoms with Gasteiger partial charge < -0.3 is 9.88 Å². The van der Waals surface area contributed by atoms with Crippen molar-refractivity contribution < 1.29 is 13.2 Å². The zero-order valence-corrected chi connectivity index (χ0v) is 13.9. The van der Waals surface area contributed by atoms with Crippen molar-refractivity contribution in [2.45, 2.75) is 51.0 Å². The van der Waals surface area contributed by atoms with Gasteiger partial charge in [0.15, 0.2) is 0 Å². The highest BCUT2D eigenvalue weighted by molar-refractivity contribution is 7.90. The van der Waals surface area contributed by atoms with E-state index < -0.39 is 9.84 Å². The molecule has 22 heavy (non-hydrogen) atoms. The molecular weight excluding hydrogens is 300 g/mol.